The molecule has 1 heterocycles. The van der Waals surface area contributed by atoms with E-state index < -0.39 is 0 Å². The smallest absolute Gasteiger partial charge is 0.213 e. The van der Waals surface area contributed by atoms with Crippen LogP contribution in [0.1, 0.15) is 24.6 Å². The first kappa shape index (κ1) is 8.54. The van der Waals surface area contributed by atoms with Crippen molar-refractivity contribution in [2.45, 2.75) is 26.2 Å². The number of hydrogen-bond acceptors (Lipinski definition) is 2. The fourth-order valence-corrected chi connectivity index (χ4v) is 1.89. The second-order valence-electron chi connectivity index (χ2n) is 3.81. The van der Waals surface area contributed by atoms with Crippen molar-refractivity contribution >= 4 is 0 Å². The van der Waals surface area contributed by atoms with Gasteiger partial charge in [-0.15, -0.1) is 0 Å². The largest absolute Gasteiger partial charge is 0.481 e. The van der Waals surface area contributed by atoms with Crippen LogP contribution in [-0.2, 0) is 12.8 Å². The molecule has 0 unspecified atom stereocenters. The van der Waals surface area contributed by atoms with Crippen LogP contribution in [-0.4, -0.2) is 12.1 Å². The van der Waals surface area contributed by atoms with Crippen molar-refractivity contribution in [3.63, 3.8) is 0 Å². The SMILES string of the molecule is COc1ccc2c(n1)CC[C@@H](C)C2. The van der Waals surface area contributed by atoms with Crippen LogP contribution in [0.3, 0.4) is 0 Å². The third-order valence-electron chi connectivity index (χ3n) is 2.69. The summed E-state index contributed by atoms with van der Waals surface area (Å²) < 4.78 is 5.10. The second kappa shape index (κ2) is 3.36. The first-order chi connectivity index (χ1) is 6.29. The minimum Gasteiger partial charge on any atom is -0.481 e. The highest BCUT2D eigenvalue weighted by molar-refractivity contribution is 5.28. The summed E-state index contributed by atoms with van der Waals surface area (Å²) in [4.78, 5) is 4.44. The number of hydrogen-bond donors (Lipinski definition) is 0. The molecule has 1 aliphatic carbocycles. The Kier molecular flexibility index (Phi) is 2.21. The van der Waals surface area contributed by atoms with E-state index in [9.17, 15) is 0 Å². The third-order valence-corrected chi connectivity index (χ3v) is 2.69. The van der Waals surface area contributed by atoms with Crippen LogP contribution < -0.4 is 4.74 Å². The number of nitrogens with zero attached hydrogens (tertiary/aromatic N) is 1. The van der Waals surface area contributed by atoms with Crippen molar-refractivity contribution in [2.75, 3.05) is 7.11 Å². The van der Waals surface area contributed by atoms with Crippen LogP contribution in [0.4, 0.5) is 0 Å². The Labute approximate surface area is 78.9 Å². The molecule has 2 rings (SSSR count). The van der Waals surface area contributed by atoms with Crippen molar-refractivity contribution in [1.82, 2.24) is 4.98 Å². The average molecular weight is 177 g/mol. The number of pyridine rings is 1. The van der Waals surface area contributed by atoms with Gasteiger partial charge in [0.1, 0.15) is 0 Å². The first-order valence-electron chi connectivity index (χ1n) is 4.82. The third kappa shape index (κ3) is 1.67. The van der Waals surface area contributed by atoms with Crippen molar-refractivity contribution in [3.8, 4) is 5.88 Å². The number of aryl methyl sites for hydroxylation is 1. The van der Waals surface area contributed by atoms with Gasteiger partial charge in [0.15, 0.2) is 0 Å². The van der Waals surface area contributed by atoms with E-state index >= 15 is 0 Å². The molecule has 0 N–H and O–H groups in total. The van der Waals surface area contributed by atoms with E-state index in [4.69, 9.17) is 4.74 Å². The van der Waals surface area contributed by atoms with E-state index in [2.05, 4.69) is 18.0 Å². The second-order valence-corrected chi connectivity index (χ2v) is 3.81. The van der Waals surface area contributed by atoms with Gasteiger partial charge in [-0.2, -0.15) is 0 Å². The molecule has 0 aliphatic heterocycles. The molecule has 1 aromatic rings. The fourth-order valence-electron chi connectivity index (χ4n) is 1.89. The van der Waals surface area contributed by atoms with Crippen molar-refractivity contribution in [1.29, 1.82) is 0 Å². The van der Waals surface area contributed by atoms with Gasteiger partial charge in [-0.1, -0.05) is 13.0 Å². The molecule has 1 aromatic heterocycles. The minimum atomic E-state index is 0.744. The van der Waals surface area contributed by atoms with Crippen molar-refractivity contribution in [3.05, 3.63) is 23.4 Å². The van der Waals surface area contributed by atoms with Crippen LogP contribution in [0.25, 0.3) is 0 Å². The van der Waals surface area contributed by atoms with Gasteiger partial charge in [0.05, 0.1) is 7.11 Å². The number of aromatic nitrogens is 1. The van der Waals surface area contributed by atoms with Gasteiger partial charge >= 0.3 is 0 Å². The summed E-state index contributed by atoms with van der Waals surface area (Å²) in [7, 11) is 1.67. The molecule has 0 fully saturated rings. The van der Waals surface area contributed by atoms with E-state index in [-0.39, 0.29) is 0 Å². The van der Waals surface area contributed by atoms with Crippen LogP contribution >= 0.6 is 0 Å². The summed E-state index contributed by atoms with van der Waals surface area (Å²) in [6, 6.07) is 4.10. The summed E-state index contributed by atoms with van der Waals surface area (Å²) in [6.45, 7) is 2.30. The minimum absolute atomic E-state index is 0.744. The number of fused-ring (bicyclic) bond motifs is 1. The quantitative estimate of drug-likeness (QED) is 0.656. The monoisotopic (exact) mass is 177 g/mol. The molecule has 0 aromatic carbocycles. The Balaban J connectivity index is 2.31. The molecule has 2 nitrogen and oxygen atoms in total. The predicted octanol–water partition coefficient (Wildman–Crippen LogP) is 2.21. The highest BCUT2D eigenvalue weighted by Gasteiger charge is 2.16. The maximum absolute atomic E-state index is 5.10. The zero-order valence-electron chi connectivity index (χ0n) is 8.21. The molecule has 0 amide bonds. The fraction of sp³-hybridized carbons (Fsp3) is 0.545. The Morgan fingerprint density at radius 2 is 2.31 bits per heavy atom. The van der Waals surface area contributed by atoms with E-state index in [1.165, 1.54) is 24.1 Å². The molecular formula is C11H15NO. The van der Waals surface area contributed by atoms with Gasteiger partial charge in [-0.3, -0.25) is 0 Å². The molecule has 0 bridgehead atoms. The zero-order valence-corrected chi connectivity index (χ0v) is 8.21. The normalized spacial score (nSPS) is 20.9. The molecule has 0 radical (unpaired) electrons. The maximum atomic E-state index is 5.10. The Morgan fingerprint density at radius 1 is 1.46 bits per heavy atom. The van der Waals surface area contributed by atoms with Crippen molar-refractivity contribution < 1.29 is 4.74 Å². The molecule has 1 atom stereocenters. The average Bonchev–Trinajstić information content (AvgIpc) is 2.17. The lowest BCUT2D eigenvalue weighted by atomic mass is 9.88. The first-order valence-corrected chi connectivity index (χ1v) is 4.82. The van der Waals surface area contributed by atoms with Gasteiger partial charge < -0.3 is 4.74 Å². The summed E-state index contributed by atoms with van der Waals surface area (Å²) in [6.07, 6.45) is 3.53. The highest BCUT2D eigenvalue weighted by Crippen LogP contribution is 2.25. The van der Waals surface area contributed by atoms with Crippen molar-refractivity contribution in [2.24, 2.45) is 5.92 Å². The van der Waals surface area contributed by atoms with Gasteiger partial charge in [0.25, 0.3) is 0 Å². The molecule has 13 heavy (non-hydrogen) atoms. The lowest BCUT2D eigenvalue weighted by Gasteiger charge is -2.20. The Hall–Kier alpha value is -1.05. The van der Waals surface area contributed by atoms with Crippen LogP contribution in [0.2, 0.25) is 0 Å². The summed E-state index contributed by atoms with van der Waals surface area (Å²) in [5.74, 6) is 1.55. The maximum Gasteiger partial charge on any atom is 0.213 e. The Morgan fingerprint density at radius 3 is 3.08 bits per heavy atom. The van der Waals surface area contributed by atoms with Crippen LogP contribution in [0, 0.1) is 5.92 Å². The van der Waals surface area contributed by atoms with Gasteiger partial charge in [0.2, 0.25) is 5.88 Å². The molecule has 1 aliphatic rings. The molecule has 0 saturated heterocycles. The van der Waals surface area contributed by atoms with E-state index in [1.54, 1.807) is 7.11 Å². The molecule has 2 heteroatoms. The number of methoxy groups -OCH3 is 1. The van der Waals surface area contributed by atoms with Crippen LogP contribution in [0.15, 0.2) is 12.1 Å². The number of ether oxygens (including phenoxy) is 1. The lowest BCUT2D eigenvalue weighted by molar-refractivity contribution is 0.392. The molecule has 0 spiro atoms. The molecular weight excluding hydrogens is 162 g/mol. The summed E-state index contributed by atoms with van der Waals surface area (Å²) in [5, 5.41) is 0. The van der Waals surface area contributed by atoms with Gasteiger partial charge in [-0.25, -0.2) is 4.98 Å². The van der Waals surface area contributed by atoms with E-state index in [0.29, 0.717) is 0 Å². The highest BCUT2D eigenvalue weighted by atomic mass is 16.5. The number of rotatable bonds is 1. The van der Waals surface area contributed by atoms with Gasteiger partial charge in [-0.05, 0) is 30.7 Å². The lowest BCUT2D eigenvalue weighted by Crippen LogP contribution is -2.12. The zero-order chi connectivity index (χ0) is 9.26. The van der Waals surface area contributed by atoms with E-state index in [0.717, 1.165) is 18.2 Å². The van der Waals surface area contributed by atoms with Gasteiger partial charge in [0, 0.05) is 11.8 Å². The van der Waals surface area contributed by atoms with E-state index in [1.807, 2.05) is 6.07 Å². The summed E-state index contributed by atoms with van der Waals surface area (Å²) >= 11 is 0. The summed E-state index contributed by atoms with van der Waals surface area (Å²) in [5.41, 5.74) is 2.64. The molecule has 70 valence electrons. The standard InChI is InChI=1S/C11H15NO/c1-8-3-5-10-9(7-8)4-6-11(12-10)13-2/h4,6,8H,3,5,7H2,1-2H3/t8-/m1/s1. The van der Waals surface area contributed by atoms with Crippen LogP contribution in [0.5, 0.6) is 5.88 Å². The Bertz CT molecular complexity index is 309. The molecule has 0 saturated carbocycles. The topological polar surface area (TPSA) is 22.1 Å². The predicted molar refractivity (Wildman–Crippen MR) is 52.0 cm³/mol.